The summed E-state index contributed by atoms with van der Waals surface area (Å²) < 4.78 is 10.0. The van der Waals surface area contributed by atoms with Crippen LogP contribution in [0.5, 0.6) is 0 Å². The zero-order valence-corrected chi connectivity index (χ0v) is 12.4. The highest BCUT2D eigenvalue weighted by Gasteiger charge is 2.44. The molecule has 0 saturated heterocycles. The first-order valence-corrected chi connectivity index (χ1v) is 6.22. The number of esters is 1. The molecule has 0 N–H and O–H groups in total. The van der Waals surface area contributed by atoms with Crippen molar-refractivity contribution >= 4 is 12.1 Å². The molecule has 0 rings (SSSR count). The Morgan fingerprint density at radius 2 is 1.74 bits per heavy atom. The van der Waals surface area contributed by atoms with Gasteiger partial charge in [-0.15, -0.1) is 0 Å². The van der Waals surface area contributed by atoms with Crippen LogP contribution >= 0.6 is 0 Å². The predicted molar refractivity (Wildman–Crippen MR) is 69.0 cm³/mol. The molecule has 1 atom stereocenters. The average molecular weight is 270 g/mol. The van der Waals surface area contributed by atoms with Crippen LogP contribution in [-0.4, -0.2) is 34.7 Å². The van der Waals surface area contributed by atoms with Gasteiger partial charge in [0.2, 0.25) is 0 Å². The maximum atomic E-state index is 12.0. The monoisotopic (exact) mass is 270 g/mol. The normalized spacial score (nSPS) is 13.9. The van der Waals surface area contributed by atoms with Crippen molar-refractivity contribution in [2.45, 2.75) is 59.1 Å². The SMILES string of the molecule is CCOC(=O)C(C)(CC)N(C#N)C(=O)OC(C)(C)C. The Morgan fingerprint density at radius 3 is 2.05 bits per heavy atom. The second-order valence-corrected chi connectivity index (χ2v) is 5.26. The van der Waals surface area contributed by atoms with Crippen molar-refractivity contribution in [3.63, 3.8) is 0 Å². The number of amides is 1. The first-order chi connectivity index (χ1) is 8.62. The Hall–Kier alpha value is -1.77. The van der Waals surface area contributed by atoms with Gasteiger partial charge in [0.1, 0.15) is 5.60 Å². The summed E-state index contributed by atoms with van der Waals surface area (Å²) in [6.45, 7) is 10.1. The van der Waals surface area contributed by atoms with Crippen LogP contribution in [0.15, 0.2) is 0 Å². The molecule has 0 spiro atoms. The van der Waals surface area contributed by atoms with Gasteiger partial charge in [0, 0.05) is 0 Å². The average Bonchev–Trinajstić information content (AvgIpc) is 2.27. The van der Waals surface area contributed by atoms with E-state index in [2.05, 4.69) is 0 Å². The molecule has 0 aromatic carbocycles. The van der Waals surface area contributed by atoms with Gasteiger partial charge in [-0.2, -0.15) is 10.2 Å². The minimum absolute atomic E-state index is 0.183. The summed E-state index contributed by atoms with van der Waals surface area (Å²) in [6, 6.07) is 0. The molecule has 0 aliphatic rings. The van der Waals surface area contributed by atoms with Gasteiger partial charge in [0.15, 0.2) is 11.7 Å². The molecule has 0 aromatic heterocycles. The molecule has 0 heterocycles. The van der Waals surface area contributed by atoms with Gasteiger partial charge in [0.05, 0.1) is 6.61 Å². The van der Waals surface area contributed by atoms with Gasteiger partial charge in [0.25, 0.3) is 0 Å². The number of ether oxygens (including phenoxy) is 2. The molecule has 0 saturated carbocycles. The van der Waals surface area contributed by atoms with E-state index in [0.29, 0.717) is 0 Å². The molecular formula is C13H22N2O4. The van der Waals surface area contributed by atoms with E-state index in [9.17, 15) is 9.59 Å². The summed E-state index contributed by atoms with van der Waals surface area (Å²) in [6.07, 6.45) is 1.11. The van der Waals surface area contributed by atoms with E-state index < -0.39 is 23.2 Å². The highest BCUT2D eigenvalue weighted by Crippen LogP contribution is 2.23. The number of rotatable bonds is 4. The Morgan fingerprint density at radius 1 is 1.21 bits per heavy atom. The fraction of sp³-hybridized carbons (Fsp3) is 0.769. The van der Waals surface area contributed by atoms with Gasteiger partial charge < -0.3 is 9.47 Å². The zero-order valence-electron chi connectivity index (χ0n) is 12.4. The van der Waals surface area contributed by atoms with Crippen LogP contribution in [0.1, 0.15) is 48.0 Å². The van der Waals surface area contributed by atoms with Crippen LogP contribution in [0.4, 0.5) is 4.79 Å². The Balaban J connectivity index is 5.25. The Bertz CT molecular complexity index is 381. The third-order valence-corrected chi connectivity index (χ3v) is 2.57. The van der Waals surface area contributed by atoms with Crippen molar-refractivity contribution in [3.05, 3.63) is 0 Å². The van der Waals surface area contributed by atoms with E-state index in [-0.39, 0.29) is 13.0 Å². The Labute approximate surface area is 114 Å². The molecule has 1 amide bonds. The van der Waals surface area contributed by atoms with Crippen molar-refractivity contribution < 1.29 is 19.1 Å². The highest BCUT2D eigenvalue weighted by molar-refractivity contribution is 5.86. The van der Waals surface area contributed by atoms with E-state index in [0.717, 1.165) is 4.90 Å². The van der Waals surface area contributed by atoms with E-state index in [1.54, 1.807) is 40.8 Å². The molecule has 0 radical (unpaired) electrons. The molecular weight excluding hydrogens is 248 g/mol. The van der Waals surface area contributed by atoms with E-state index >= 15 is 0 Å². The lowest BCUT2D eigenvalue weighted by Gasteiger charge is -2.33. The summed E-state index contributed by atoms with van der Waals surface area (Å²) >= 11 is 0. The minimum atomic E-state index is -1.35. The second kappa shape index (κ2) is 6.41. The zero-order chi connectivity index (χ0) is 15.3. The van der Waals surface area contributed by atoms with Gasteiger partial charge in [-0.25, -0.2) is 9.59 Å². The summed E-state index contributed by atoms with van der Waals surface area (Å²) in [5.74, 6) is -0.620. The molecule has 0 aliphatic heterocycles. The van der Waals surface area contributed by atoms with Crippen LogP contribution < -0.4 is 0 Å². The molecule has 108 valence electrons. The van der Waals surface area contributed by atoms with Crippen LogP contribution in [0, 0.1) is 11.5 Å². The molecule has 0 aromatic rings. The summed E-state index contributed by atoms with van der Waals surface area (Å²) in [5.41, 5.74) is -2.09. The standard InChI is InChI=1S/C13H22N2O4/c1-7-13(6,10(16)18-8-2)15(9-14)11(17)19-12(3,4)5/h7-8H2,1-6H3. The molecule has 0 bridgehead atoms. The van der Waals surface area contributed by atoms with E-state index in [1.165, 1.54) is 6.92 Å². The first-order valence-electron chi connectivity index (χ1n) is 6.22. The summed E-state index contributed by atoms with van der Waals surface area (Å²) in [5, 5.41) is 9.14. The molecule has 6 heteroatoms. The number of nitriles is 1. The smallest absolute Gasteiger partial charge is 0.424 e. The van der Waals surface area contributed by atoms with Gasteiger partial charge in [-0.1, -0.05) is 6.92 Å². The number of hydrogen-bond acceptors (Lipinski definition) is 5. The summed E-state index contributed by atoms with van der Waals surface area (Å²) in [7, 11) is 0. The van der Waals surface area contributed by atoms with Crippen molar-refractivity contribution in [1.82, 2.24) is 4.90 Å². The van der Waals surface area contributed by atoms with Gasteiger partial charge >= 0.3 is 12.1 Å². The maximum absolute atomic E-state index is 12.0. The molecule has 1 unspecified atom stereocenters. The third-order valence-electron chi connectivity index (χ3n) is 2.57. The first kappa shape index (κ1) is 17.2. The molecule has 19 heavy (non-hydrogen) atoms. The van der Waals surface area contributed by atoms with Crippen LogP contribution in [0.25, 0.3) is 0 Å². The van der Waals surface area contributed by atoms with Gasteiger partial charge in [-0.05, 0) is 41.0 Å². The third kappa shape index (κ3) is 4.43. The van der Waals surface area contributed by atoms with Gasteiger partial charge in [-0.3, -0.25) is 0 Å². The number of hydrogen-bond donors (Lipinski definition) is 0. The molecule has 0 aliphatic carbocycles. The lowest BCUT2D eigenvalue weighted by atomic mass is 9.97. The number of nitrogens with zero attached hydrogens (tertiary/aromatic N) is 2. The lowest BCUT2D eigenvalue weighted by molar-refractivity contribution is -0.154. The topological polar surface area (TPSA) is 79.6 Å². The van der Waals surface area contributed by atoms with Crippen molar-refractivity contribution in [2.75, 3.05) is 6.61 Å². The van der Waals surface area contributed by atoms with Crippen LogP contribution in [0.2, 0.25) is 0 Å². The molecule has 0 fully saturated rings. The quantitative estimate of drug-likeness (QED) is 0.445. The minimum Gasteiger partial charge on any atom is -0.464 e. The van der Waals surface area contributed by atoms with E-state index in [1.807, 2.05) is 0 Å². The summed E-state index contributed by atoms with van der Waals surface area (Å²) in [4.78, 5) is 24.7. The van der Waals surface area contributed by atoms with Crippen molar-refractivity contribution in [2.24, 2.45) is 0 Å². The number of carbonyl (C=O) groups excluding carboxylic acids is 2. The van der Waals surface area contributed by atoms with Crippen LogP contribution in [-0.2, 0) is 14.3 Å². The fourth-order valence-electron chi connectivity index (χ4n) is 1.34. The maximum Gasteiger partial charge on any atom is 0.424 e. The van der Waals surface area contributed by atoms with Crippen molar-refractivity contribution in [3.8, 4) is 6.19 Å². The predicted octanol–water partition coefficient (Wildman–Crippen LogP) is 2.44. The largest absolute Gasteiger partial charge is 0.464 e. The molecule has 6 nitrogen and oxygen atoms in total. The second-order valence-electron chi connectivity index (χ2n) is 5.26. The van der Waals surface area contributed by atoms with Crippen molar-refractivity contribution in [1.29, 1.82) is 5.26 Å². The Kier molecular flexibility index (Phi) is 5.81. The van der Waals surface area contributed by atoms with E-state index in [4.69, 9.17) is 14.7 Å². The van der Waals surface area contributed by atoms with Crippen LogP contribution in [0.3, 0.4) is 0 Å². The number of carbonyl (C=O) groups is 2. The fourth-order valence-corrected chi connectivity index (χ4v) is 1.34. The highest BCUT2D eigenvalue weighted by atomic mass is 16.6. The lowest BCUT2D eigenvalue weighted by Crippen LogP contribution is -2.54.